The van der Waals surface area contributed by atoms with E-state index in [1.807, 2.05) is 27.7 Å². The first-order valence-corrected chi connectivity index (χ1v) is 8.01. The standard InChI is InChI=1S/C4H10O.4C3H7O.Zr/c1-2-3-4-5;4*1-2-3-4;/h5H,2-4H2,1H3;4*2-3H2,1H3;/q;4*-1;+4. The van der Waals surface area contributed by atoms with Crippen molar-refractivity contribution in [2.75, 3.05) is 33.0 Å². The Labute approximate surface area is 157 Å². The number of hydrogen-bond acceptors (Lipinski definition) is 5. The van der Waals surface area contributed by atoms with E-state index in [4.69, 9.17) is 5.11 Å². The third kappa shape index (κ3) is 179. The molecule has 0 unspecified atom stereocenters. The Kier molecular flexibility index (Phi) is 118. The van der Waals surface area contributed by atoms with Crippen LogP contribution in [0.4, 0.5) is 0 Å². The Morgan fingerprint density at radius 3 is 0.727 bits per heavy atom. The molecule has 0 aliphatic heterocycles. The van der Waals surface area contributed by atoms with Gasteiger partial charge in [0.25, 0.3) is 0 Å². The van der Waals surface area contributed by atoms with Crippen molar-refractivity contribution in [3.05, 3.63) is 0 Å². The molecule has 22 heavy (non-hydrogen) atoms. The van der Waals surface area contributed by atoms with Gasteiger partial charge < -0.3 is 25.5 Å². The Balaban J connectivity index is -0.0000000361. The largest absolute Gasteiger partial charge is 4.00 e. The fraction of sp³-hybridized carbons (Fsp3) is 1.00. The molecule has 0 saturated carbocycles. The molecule has 0 amide bonds. The summed E-state index contributed by atoms with van der Waals surface area (Å²) in [5.74, 6) is 0. The molecular formula is C16H38O5Zr. The van der Waals surface area contributed by atoms with Gasteiger partial charge >= 0.3 is 26.2 Å². The SMILES string of the molecule is CCCCO.CCC[O-].CCC[O-].CCC[O-].CCC[O-].[Zr+4]. The van der Waals surface area contributed by atoms with Crippen LogP contribution in [0.5, 0.6) is 0 Å². The molecule has 0 aliphatic carbocycles. The second kappa shape index (κ2) is 68.0. The van der Waals surface area contributed by atoms with Crippen molar-refractivity contribution < 1.29 is 51.7 Å². The van der Waals surface area contributed by atoms with Crippen LogP contribution >= 0.6 is 0 Å². The zero-order chi connectivity index (χ0) is 17.8. The van der Waals surface area contributed by atoms with E-state index >= 15 is 0 Å². The van der Waals surface area contributed by atoms with E-state index in [-0.39, 0.29) is 52.6 Å². The first kappa shape index (κ1) is 38.3. The average Bonchev–Trinajstić information content (AvgIpc) is 2.56. The molecule has 0 saturated heterocycles. The van der Waals surface area contributed by atoms with E-state index < -0.39 is 0 Å². The van der Waals surface area contributed by atoms with Crippen LogP contribution in [0.2, 0.25) is 0 Å². The minimum Gasteiger partial charge on any atom is -0.854 e. The predicted molar refractivity (Wildman–Crippen MR) is 82.6 cm³/mol. The third-order valence-corrected chi connectivity index (χ3v) is 1.33. The zero-order valence-corrected chi connectivity index (χ0v) is 17.8. The summed E-state index contributed by atoms with van der Waals surface area (Å²) in [6.45, 7) is 10.1. The van der Waals surface area contributed by atoms with E-state index in [0.29, 0.717) is 6.61 Å². The summed E-state index contributed by atoms with van der Waals surface area (Å²) in [5, 5.41) is 45.3. The summed E-state index contributed by atoms with van der Waals surface area (Å²) >= 11 is 0. The molecule has 0 heterocycles. The van der Waals surface area contributed by atoms with Crippen molar-refractivity contribution in [1.82, 2.24) is 0 Å². The average molecular weight is 402 g/mol. The van der Waals surface area contributed by atoms with E-state index in [9.17, 15) is 20.4 Å². The van der Waals surface area contributed by atoms with E-state index in [2.05, 4.69) is 6.92 Å². The van der Waals surface area contributed by atoms with Gasteiger partial charge in [0, 0.05) is 6.61 Å². The molecule has 0 bridgehead atoms. The molecule has 0 rings (SSSR count). The fourth-order valence-electron chi connectivity index (χ4n) is 0.158. The van der Waals surface area contributed by atoms with Crippen LogP contribution in [0.25, 0.3) is 0 Å². The quantitative estimate of drug-likeness (QED) is 0.662. The van der Waals surface area contributed by atoms with Crippen LogP contribution in [-0.2, 0) is 26.2 Å². The third-order valence-electron chi connectivity index (χ3n) is 1.33. The van der Waals surface area contributed by atoms with Crippen molar-refractivity contribution in [2.24, 2.45) is 0 Å². The van der Waals surface area contributed by atoms with Gasteiger partial charge in [-0.05, 0) is 6.42 Å². The maximum atomic E-state index is 9.30. The minimum absolute atomic E-state index is 0. The summed E-state index contributed by atoms with van der Waals surface area (Å²) in [6, 6.07) is 0. The van der Waals surface area contributed by atoms with Crippen LogP contribution in [0.15, 0.2) is 0 Å². The maximum absolute atomic E-state index is 9.30. The molecule has 0 spiro atoms. The van der Waals surface area contributed by atoms with E-state index in [1.54, 1.807) is 0 Å². The van der Waals surface area contributed by atoms with Crippen molar-refractivity contribution in [1.29, 1.82) is 0 Å². The van der Waals surface area contributed by atoms with Gasteiger partial charge in [-0.2, -0.15) is 0 Å². The maximum Gasteiger partial charge on any atom is 4.00 e. The monoisotopic (exact) mass is 400 g/mol. The van der Waals surface area contributed by atoms with Crippen LogP contribution in [0.3, 0.4) is 0 Å². The van der Waals surface area contributed by atoms with Gasteiger partial charge in [-0.25, -0.2) is 0 Å². The van der Waals surface area contributed by atoms with Gasteiger partial charge in [0.2, 0.25) is 0 Å². The Morgan fingerprint density at radius 1 is 0.545 bits per heavy atom. The summed E-state index contributed by atoms with van der Waals surface area (Å²) in [5.41, 5.74) is 0. The zero-order valence-electron chi connectivity index (χ0n) is 15.4. The molecule has 0 fully saturated rings. The van der Waals surface area contributed by atoms with E-state index in [1.165, 1.54) is 0 Å². The Bertz CT molecular complexity index is 72.6. The topological polar surface area (TPSA) is 112 Å². The molecule has 0 aromatic carbocycles. The minimum atomic E-state index is 0. The van der Waals surface area contributed by atoms with Gasteiger partial charge in [0.15, 0.2) is 0 Å². The molecule has 0 aromatic heterocycles. The first-order chi connectivity index (χ1) is 10.1. The molecule has 0 atom stereocenters. The number of rotatable bonds is 6. The number of aliphatic hydroxyl groups is 1. The van der Waals surface area contributed by atoms with Crippen molar-refractivity contribution in [3.8, 4) is 0 Å². The van der Waals surface area contributed by atoms with E-state index in [0.717, 1.165) is 38.5 Å². The number of unbranched alkanes of at least 4 members (excludes halogenated alkanes) is 1. The van der Waals surface area contributed by atoms with Gasteiger partial charge in [-0.1, -0.05) is 66.7 Å². The molecule has 6 heteroatoms. The van der Waals surface area contributed by atoms with Crippen LogP contribution in [-0.4, -0.2) is 38.1 Å². The molecule has 136 valence electrons. The van der Waals surface area contributed by atoms with Gasteiger partial charge in [-0.3, -0.25) is 0 Å². The van der Waals surface area contributed by atoms with Gasteiger partial charge in [0.1, 0.15) is 0 Å². The predicted octanol–water partition coefficient (Wildman–Crippen LogP) is -0.197. The molecule has 5 nitrogen and oxygen atoms in total. The summed E-state index contributed by atoms with van der Waals surface area (Å²) in [4.78, 5) is 0. The number of aliphatic hydroxyl groups excluding tert-OH is 1. The second-order valence-electron chi connectivity index (χ2n) is 3.89. The van der Waals surface area contributed by atoms with Crippen molar-refractivity contribution >= 4 is 0 Å². The summed E-state index contributed by atoms with van der Waals surface area (Å²) < 4.78 is 0. The second-order valence-corrected chi connectivity index (χ2v) is 3.89. The smallest absolute Gasteiger partial charge is 0.854 e. The molecular weight excluding hydrogens is 363 g/mol. The Hall–Kier alpha value is 0.683. The first-order valence-electron chi connectivity index (χ1n) is 8.01. The van der Waals surface area contributed by atoms with Crippen molar-refractivity contribution in [2.45, 2.75) is 73.1 Å². The summed E-state index contributed by atoms with van der Waals surface area (Å²) in [7, 11) is 0. The normalized spacial score (nSPS) is 7.36. The molecule has 1 N–H and O–H groups in total. The van der Waals surface area contributed by atoms with Crippen molar-refractivity contribution in [3.63, 3.8) is 0 Å². The molecule has 0 radical (unpaired) electrons. The fourth-order valence-corrected chi connectivity index (χ4v) is 0.158. The van der Waals surface area contributed by atoms with Crippen LogP contribution in [0.1, 0.15) is 73.1 Å². The Morgan fingerprint density at radius 2 is 0.727 bits per heavy atom. The van der Waals surface area contributed by atoms with Crippen LogP contribution in [0, 0.1) is 0 Å². The molecule has 0 aromatic rings. The molecule has 0 aliphatic rings. The number of hydrogen-bond donors (Lipinski definition) is 1. The summed E-state index contributed by atoms with van der Waals surface area (Å²) in [6.07, 6.45) is 5.09. The van der Waals surface area contributed by atoms with Gasteiger partial charge in [-0.15, -0.1) is 26.4 Å². The van der Waals surface area contributed by atoms with Gasteiger partial charge in [0.05, 0.1) is 0 Å². The van der Waals surface area contributed by atoms with Crippen LogP contribution < -0.4 is 20.4 Å².